The minimum absolute atomic E-state index is 0.0100. The Morgan fingerprint density at radius 1 is 1.10 bits per heavy atom. The molecule has 3 aromatic rings. The molecule has 1 saturated heterocycles. The van der Waals surface area contributed by atoms with Crippen LogP contribution in [0.2, 0.25) is 0 Å². The second-order valence-electron chi connectivity index (χ2n) is 11.7. The molecule has 2 bridgehead atoms. The molecular weight excluding hydrogens is 498 g/mol. The van der Waals surface area contributed by atoms with E-state index in [2.05, 4.69) is 59.7 Å². The monoisotopic (exact) mass is 531 g/mol. The SMILES string of the molecule is CN1CC[C@]23c4c5ccc(C(=O)NCCc6ccc(-c7ccc(C#N)cc7)cc6)c4OC[C@H]2[C@@H](O)C=C[C@H]3[C@H]1C5. The first kappa shape index (κ1) is 25.1. The maximum Gasteiger partial charge on any atom is 0.255 e. The summed E-state index contributed by atoms with van der Waals surface area (Å²) < 4.78 is 6.34. The number of nitrogens with one attached hydrogen (secondary N) is 1. The maximum atomic E-state index is 13.5. The van der Waals surface area contributed by atoms with Crippen LogP contribution >= 0.6 is 0 Å². The van der Waals surface area contributed by atoms with Crippen molar-refractivity contribution in [2.45, 2.75) is 36.8 Å². The van der Waals surface area contributed by atoms with E-state index in [0.717, 1.165) is 48.2 Å². The highest BCUT2D eigenvalue weighted by molar-refractivity contribution is 5.98. The zero-order valence-electron chi connectivity index (χ0n) is 22.6. The number of aliphatic hydroxyl groups is 1. The van der Waals surface area contributed by atoms with Crippen LogP contribution in [0.1, 0.15) is 39.0 Å². The molecule has 1 fully saturated rings. The van der Waals surface area contributed by atoms with Gasteiger partial charge in [0.25, 0.3) is 5.91 Å². The quantitative estimate of drug-likeness (QED) is 0.481. The van der Waals surface area contributed by atoms with E-state index in [1.807, 2.05) is 36.4 Å². The average Bonchev–Trinajstić information content (AvgIpc) is 2.98. The van der Waals surface area contributed by atoms with Crippen LogP contribution in [0.4, 0.5) is 0 Å². The van der Waals surface area contributed by atoms with Gasteiger partial charge in [-0.1, -0.05) is 54.6 Å². The Hall–Kier alpha value is -3.92. The Morgan fingerprint density at radius 2 is 1.85 bits per heavy atom. The minimum Gasteiger partial charge on any atom is -0.492 e. The molecule has 40 heavy (non-hydrogen) atoms. The van der Waals surface area contributed by atoms with Crippen LogP contribution in [-0.2, 0) is 18.3 Å². The van der Waals surface area contributed by atoms with Crippen LogP contribution in [0.15, 0.2) is 72.8 Å². The van der Waals surface area contributed by atoms with E-state index in [-0.39, 0.29) is 17.2 Å². The second kappa shape index (κ2) is 9.62. The molecule has 0 radical (unpaired) electrons. The van der Waals surface area contributed by atoms with Gasteiger partial charge in [0.15, 0.2) is 0 Å². The lowest BCUT2D eigenvalue weighted by Crippen LogP contribution is -2.66. The number of hydrogen-bond donors (Lipinski definition) is 2. The Labute approximate surface area is 234 Å². The number of amides is 1. The van der Waals surface area contributed by atoms with Gasteiger partial charge in [0.05, 0.1) is 29.9 Å². The number of carbonyl (C=O) groups excluding carboxylic acids is 1. The van der Waals surface area contributed by atoms with Crippen molar-refractivity contribution >= 4 is 5.91 Å². The highest BCUT2D eigenvalue weighted by Gasteiger charge is 2.61. The molecule has 0 unspecified atom stereocenters. The van der Waals surface area contributed by atoms with E-state index in [9.17, 15) is 9.90 Å². The standard InChI is InChI=1S/C34H33N3O3/c1-37-17-15-34-27-12-13-30(38)28(34)20-40-32-26(11-10-25(31(32)34)18-29(27)37)33(39)36-16-14-21-2-6-23(7-3-21)24-8-4-22(19-35)5-9-24/h2-13,27-30,38H,14-18,20H2,1H3,(H,36,39)/t27-,28-,29+,30-,34+/m0/s1. The normalized spacial score (nSPS) is 27.7. The summed E-state index contributed by atoms with van der Waals surface area (Å²) in [4.78, 5) is 15.9. The van der Waals surface area contributed by atoms with Gasteiger partial charge in [0, 0.05) is 35.4 Å². The van der Waals surface area contributed by atoms with E-state index in [1.165, 1.54) is 11.1 Å². The van der Waals surface area contributed by atoms with Gasteiger partial charge in [-0.15, -0.1) is 0 Å². The number of piperidine rings is 1. The molecule has 6 heteroatoms. The van der Waals surface area contributed by atoms with E-state index in [1.54, 1.807) is 0 Å². The largest absolute Gasteiger partial charge is 0.492 e. The Balaban J connectivity index is 1.09. The summed E-state index contributed by atoms with van der Waals surface area (Å²) in [5.74, 6) is 0.949. The molecule has 2 aliphatic heterocycles. The predicted octanol–water partition coefficient (Wildman–Crippen LogP) is 4.25. The summed E-state index contributed by atoms with van der Waals surface area (Å²) in [6, 6.07) is 22.5. The number of nitriles is 1. The first-order chi connectivity index (χ1) is 19.5. The molecule has 7 rings (SSSR count). The number of likely N-dealkylation sites (tertiary alicyclic amines) is 1. The molecule has 4 aliphatic rings. The number of likely N-dealkylation sites (N-methyl/N-ethyl adjacent to an activating group) is 1. The first-order valence-corrected chi connectivity index (χ1v) is 14.2. The van der Waals surface area contributed by atoms with Crippen LogP contribution in [0.25, 0.3) is 11.1 Å². The van der Waals surface area contributed by atoms with E-state index in [0.29, 0.717) is 36.2 Å². The molecule has 1 spiro atoms. The van der Waals surface area contributed by atoms with Gasteiger partial charge < -0.3 is 20.1 Å². The van der Waals surface area contributed by atoms with Crippen molar-refractivity contribution in [3.63, 3.8) is 0 Å². The van der Waals surface area contributed by atoms with Gasteiger partial charge in [-0.3, -0.25) is 4.79 Å². The predicted molar refractivity (Wildman–Crippen MR) is 153 cm³/mol. The molecule has 5 atom stereocenters. The molecule has 2 aliphatic carbocycles. The lowest BCUT2D eigenvalue weighted by atomic mass is 9.49. The molecule has 0 saturated carbocycles. The van der Waals surface area contributed by atoms with Crippen LogP contribution in [-0.4, -0.2) is 54.8 Å². The van der Waals surface area contributed by atoms with Gasteiger partial charge in [-0.2, -0.15) is 5.26 Å². The molecule has 202 valence electrons. The van der Waals surface area contributed by atoms with Gasteiger partial charge >= 0.3 is 0 Å². The summed E-state index contributed by atoms with van der Waals surface area (Å²) >= 11 is 0. The molecule has 1 amide bonds. The van der Waals surface area contributed by atoms with Crippen molar-refractivity contribution in [2.24, 2.45) is 11.8 Å². The Morgan fingerprint density at radius 3 is 2.60 bits per heavy atom. The third-order valence-electron chi connectivity index (χ3n) is 9.83. The van der Waals surface area contributed by atoms with Gasteiger partial charge in [0.2, 0.25) is 0 Å². The third kappa shape index (κ3) is 3.80. The van der Waals surface area contributed by atoms with E-state index >= 15 is 0 Å². The first-order valence-electron chi connectivity index (χ1n) is 14.2. The smallest absolute Gasteiger partial charge is 0.255 e. The number of carbonyl (C=O) groups is 1. The summed E-state index contributed by atoms with van der Waals surface area (Å²) in [5.41, 5.74) is 6.81. The summed E-state index contributed by atoms with van der Waals surface area (Å²) in [6.07, 6.45) is 6.29. The highest BCUT2D eigenvalue weighted by atomic mass is 16.5. The Bertz CT molecular complexity index is 1540. The fraction of sp³-hybridized carbons (Fsp3) is 0.353. The number of ether oxygens (including phenoxy) is 1. The summed E-state index contributed by atoms with van der Waals surface area (Å²) in [5, 5.41) is 23.1. The van der Waals surface area contributed by atoms with E-state index < -0.39 is 6.10 Å². The van der Waals surface area contributed by atoms with Crippen LogP contribution < -0.4 is 10.1 Å². The molecule has 3 aromatic carbocycles. The fourth-order valence-electron chi connectivity index (χ4n) is 7.77. The molecule has 6 nitrogen and oxygen atoms in total. The van der Waals surface area contributed by atoms with Gasteiger partial charge in [-0.25, -0.2) is 0 Å². The summed E-state index contributed by atoms with van der Waals surface area (Å²) in [6.45, 7) is 1.94. The summed E-state index contributed by atoms with van der Waals surface area (Å²) in [7, 11) is 2.21. The average molecular weight is 532 g/mol. The maximum absolute atomic E-state index is 13.5. The van der Waals surface area contributed by atoms with Crippen molar-refractivity contribution in [2.75, 3.05) is 26.7 Å². The van der Waals surface area contributed by atoms with E-state index in [4.69, 9.17) is 10.00 Å². The number of hydrogen-bond acceptors (Lipinski definition) is 5. The number of nitrogens with zero attached hydrogens (tertiary/aromatic N) is 2. The second-order valence-corrected chi connectivity index (χ2v) is 11.7. The third-order valence-corrected chi connectivity index (χ3v) is 9.83. The van der Waals surface area contributed by atoms with Crippen molar-refractivity contribution in [3.8, 4) is 22.9 Å². The molecule has 0 aromatic heterocycles. The van der Waals surface area contributed by atoms with Crippen LogP contribution in [0.5, 0.6) is 5.75 Å². The highest BCUT2D eigenvalue weighted by Crippen LogP contribution is 2.60. The lowest BCUT2D eigenvalue weighted by molar-refractivity contribution is -0.0562. The van der Waals surface area contributed by atoms with Crippen LogP contribution in [0, 0.1) is 23.2 Å². The fourth-order valence-corrected chi connectivity index (χ4v) is 7.77. The van der Waals surface area contributed by atoms with Gasteiger partial charge in [-0.05, 0) is 73.3 Å². The van der Waals surface area contributed by atoms with Crippen molar-refractivity contribution < 1.29 is 14.6 Å². The van der Waals surface area contributed by atoms with Crippen molar-refractivity contribution in [1.29, 1.82) is 5.26 Å². The van der Waals surface area contributed by atoms with Crippen LogP contribution in [0.3, 0.4) is 0 Å². The minimum atomic E-state index is -0.528. The zero-order valence-corrected chi connectivity index (χ0v) is 22.6. The lowest BCUT2D eigenvalue weighted by Gasteiger charge is -2.62. The van der Waals surface area contributed by atoms with Crippen molar-refractivity contribution in [3.05, 3.63) is 101 Å². The Kier molecular flexibility index (Phi) is 6.03. The number of benzene rings is 3. The number of aliphatic hydroxyl groups excluding tert-OH is 1. The molecule has 2 heterocycles. The molecular formula is C34H33N3O3. The zero-order chi connectivity index (χ0) is 27.4. The topological polar surface area (TPSA) is 85.6 Å². The van der Waals surface area contributed by atoms with Crippen molar-refractivity contribution in [1.82, 2.24) is 10.2 Å². The molecule has 2 N–H and O–H groups in total. The van der Waals surface area contributed by atoms with Gasteiger partial charge in [0.1, 0.15) is 5.75 Å². The number of rotatable bonds is 5.